The van der Waals surface area contributed by atoms with Gasteiger partial charge in [0.15, 0.2) is 0 Å². The minimum atomic E-state index is -0.811. The summed E-state index contributed by atoms with van der Waals surface area (Å²) >= 11 is 0. The number of fused-ring (bicyclic) bond motifs is 1. The highest BCUT2D eigenvalue weighted by Gasteiger charge is 2.33. The van der Waals surface area contributed by atoms with E-state index in [-0.39, 0.29) is 36.6 Å². The van der Waals surface area contributed by atoms with E-state index in [0.29, 0.717) is 30.8 Å². The molecule has 7 nitrogen and oxygen atoms in total. The van der Waals surface area contributed by atoms with Crippen LogP contribution in [0.4, 0.5) is 5.69 Å². The van der Waals surface area contributed by atoms with Crippen molar-refractivity contribution in [2.24, 2.45) is 0 Å². The Morgan fingerprint density at radius 1 is 0.944 bits per heavy atom. The van der Waals surface area contributed by atoms with Gasteiger partial charge < -0.3 is 20.3 Å². The molecule has 0 fully saturated rings. The fraction of sp³-hybridized carbons (Fsp3) is 0.276. The zero-order valence-corrected chi connectivity index (χ0v) is 20.4. The first-order valence-electron chi connectivity index (χ1n) is 12.1. The van der Waals surface area contributed by atoms with Crippen LogP contribution in [0, 0.1) is 0 Å². The van der Waals surface area contributed by atoms with Gasteiger partial charge in [-0.15, -0.1) is 0 Å². The summed E-state index contributed by atoms with van der Waals surface area (Å²) in [6, 6.07) is 25.6. The van der Waals surface area contributed by atoms with Crippen LogP contribution in [0.3, 0.4) is 0 Å². The minimum absolute atomic E-state index is 0.0984. The van der Waals surface area contributed by atoms with E-state index in [0.717, 1.165) is 11.1 Å². The van der Waals surface area contributed by atoms with Crippen LogP contribution in [0.5, 0.6) is 0 Å². The second-order valence-electron chi connectivity index (χ2n) is 8.90. The van der Waals surface area contributed by atoms with E-state index in [1.54, 1.807) is 30.2 Å². The zero-order valence-electron chi connectivity index (χ0n) is 20.4. The Bertz CT molecular complexity index is 1180. The summed E-state index contributed by atoms with van der Waals surface area (Å²) in [6.07, 6.45) is 0.932. The Balaban J connectivity index is 1.45. The van der Waals surface area contributed by atoms with Crippen LogP contribution in [-0.4, -0.2) is 43.5 Å². The molecule has 0 radical (unpaired) electrons. The molecule has 36 heavy (non-hydrogen) atoms. The number of carbonyl (C=O) groups is 3. The summed E-state index contributed by atoms with van der Waals surface area (Å²) in [6.45, 7) is 0.710. The van der Waals surface area contributed by atoms with Crippen LogP contribution in [0.2, 0.25) is 0 Å². The topological polar surface area (TPSA) is 87.7 Å². The van der Waals surface area contributed by atoms with Crippen molar-refractivity contribution in [1.29, 1.82) is 0 Å². The van der Waals surface area contributed by atoms with Crippen molar-refractivity contribution in [1.82, 2.24) is 10.6 Å². The fourth-order valence-corrected chi connectivity index (χ4v) is 4.46. The van der Waals surface area contributed by atoms with Gasteiger partial charge in [0.25, 0.3) is 5.91 Å². The normalized spacial score (nSPS) is 16.0. The van der Waals surface area contributed by atoms with Crippen LogP contribution in [0.1, 0.15) is 34.3 Å². The smallest absolute Gasteiger partial charge is 0.254 e. The molecule has 0 bridgehead atoms. The SMILES string of the molecule is COC[C@H](Cc1ccccc1)NC(=O)CCC1NC(=O)c2ccccc2N(Cc2ccccc2)C1=O. The molecular weight excluding hydrogens is 454 g/mol. The number of para-hydroxylation sites is 1. The average Bonchev–Trinajstić information content (AvgIpc) is 2.99. The molecule has 1 aliphatic rings. The van der Waals surface area contributed by atoms with E-state index < -0.39 is 6.04 Å². The summed E-state index contributed by atoms with van der Waals surface area (Å²) in [5, 5.41) is 5.85. The van der Waals surface area contributed by atoms with E-state index in [1.165, 1.54) is 0 Å². The first kappa shape index (κ1) is 25.1. The van der Waals surface area contributed by atoms with Crippen molar-refractivity contribution in [3.63, 3.8) is 0 Å². The molecule has 3 aromatic rings. The number of benzene rings is 3. The lowest BCUT2D eigenvalue weighted by atomic mass is 10.1. The fourth-order valence-electron chi connectivity index (χ4n) is 4.46. The van der Waals surface area contributed by atoms with Gasteiger partial charge in [0.1, 0.15) is 6.04 Å². The van der Waals surface area contributed by atoms with Gasteiger partial charge in [-0.2, -0.15) is 0 Å². The number of hydrogen-bond acceptors (Lipinski definition) is 4. The molecule has 4 rings (SSSR count). The highest BCUT2D eigenvalue weighted by atomic mass is 16.5. The lowest BCUT2D eigenvalue weighted by Crippen LogP contribution is -2.46. The monoisotopic (exact) mass is 485 g/mol. The molecule has 3 amide bonds. The van der Waals surface area contributed by atoms with Crippen LogP contribution < -0.4 is 15.5 Å². The van der Waals surface area contributed by atoms with Crippen LogP contribution in [0.15, 0.2) is 84.9 Å². The first-order valence-corrected chi connectivity index (χ1v) is 12.1. The van der Waals surface area contributed by atoms with Gasteiger partial charge in [-0.3, -0.25) is 14.4 Å². The Labute approximate surface area is 211 Å². The van der Waals surface area contributed by atoms with Crippen molar-refractivity contribution < 1.29 is 19.1 Å². The number of carbonyl (C=O) groups excluding carboxylic acids is 3. The second-order valence-corrected chi connectivity index (χ2v) is 8.90. The standard InChI is InChI=1S/C29H31N3O4/c1-36-20-23(18-21-10-4-2-5-11-21)30-27(33)17-16-25-29(35)32(19-22-12-6-3-7-13-22)26-15-9-8-14-24(26)28(34)31-25/h2-15,23,25H,16-20H2,1H3,(H,30,33)(H,31,34)/t23-,25?/m0/s1. The molecule has 0 aliphatic carbocycles. The van der Waals surface area contributed by atoms with E-state index in [1.807, 2.05) is 66.7 Å². The molecule has 0 saturated carbocycles. The molecule has 1 heterocycles. The molecule has 1 aliphatic heterocycles. The molecule has 3 aromatic carbocycles. The Kier molecular flexibility index (Phi) is 8.47. The minimum Gasteiger partial charge on any atom is -0.383 e. The number of anilines is 1. The predicted octanol–water partition coefficient (Wildman–Crippen LogP) is 3.49. The van der Waals surface area contributed by atoms with Crippen molar-refractivity contribution >= 4 is 23.4 Å². The van der Waals surface area contributed by atoms with E-state index in [9.17, 15) is 14.4 Å². The number of hydrogen-bond donors (Lipinski definition) is 2. The number of nitrogens with zero attached hydrogens (tertiary/aromatic N) is 1. The number of ether oxygens (including phenoxy) is 1. The van der Waals surface area contributed by atoms with Gasteiger partial charge in [-0.25, -0.2) is 0 Å². The summed E-state index contributed by atoms with van der Waals surface area (Å²) in [5.41, 5.74) is 3.06. The summed E-state index contributed by atoms with van der Waals surface area (Å²) in [4.78, 5) is 41.0. The third kappa shape index (κ3) is 6.37. The third-order valence-corrected chi connectivity index (χ3v) is 6.21. The van der Waals surface area contributed by atoms with E-state index >= 15 is 0 Å². The summed E-state index contributed by atoms with van der Waals surface area (Å²) in [7, 11) is 1.60. The predicted molar refractivity (Wildman–Crippen MR) is 139 cm³/mol. The maximum Gasteiger partial charge on any atom is 0.254 e. The van der Waals surface area contributed by atoms with Gasteiger partial charge >= 0.3 is 0 Å². The highest BCUT2D eigenvalue weighted by Crippen LogP contribution is 2.27. The Morgan fingerprint density at radius 2 is 1.58 bits per heavy atom. The number of nitrogens with one attached hydrogen (secondary N) is 2. The van der Waals surface area contributed by atoms with Crippen molar-refractivity contribution in [3.8, 4) is 0 Å². The van der Waals surface area contributed by atoms with Crippen molar-refractivity contribution in [2.75, 3.05) is 18.6 Å². The zero-order chi connectivity index (χ0) is 25.3. The molecule has 7 heteroatoms. The Morgan fingerprint density at radius 3 is 2.28 bits per heavy atom. The lowest BCUT2D eigenvalue weighted by molar-refractivity contribution is -0.123. The molecule has 2 atom stereocenters. The molecule has 0 saturated heterocycles. The highest BCUT2D eigenvalue weighted by molar-refractivity contribution is 6.11. The quantitative estimate of drug-likeness (QED) is 0.460. The van der Waals surface area contributed by atoms with Crippen molar-refractivity contribution in [2.45, 2.75) is 37.9 Å². The molecule has 2 N–H and O–H groups in total. The van der Waals surface area contributed by atoms with Crippen LogP contribution in [0.25, 0.3) is 0 Å². The molecule has 0 aromatic heterocycles. The Hall–Kier alpha value is -3.97. The average molecular weight is 486 g/mol. The van der Waals surface area contributed by atoms with Crippen LogP contribution in [-0.2, 0) is 27.3 Å². The van der Waals surface area contributed by atoms with Crippen LogP contribution >= 0.6 is 0 Å². The third-order valence-electron chi connectivity index (χ3n) is 6.21. The molecular formula is C29H31N3O4. The maximum absolute atomic E-state index is 13.6. The summed E-state index contributed by atoms with van der Waals surface area (Å²) in [5.74, 6) is -0.740. The number of amides is 3. The molecule has 1 unspecified atom stereocenters. The van der Waals surface area contributed by atoms with E-state index in [2.05, 4.69) is 10.6 Å². The molecule has 0 spiro atoms. The first-order chi connectivity index (χ1) is 17.5. The van der Waals surface area contributed by atoms with Gasteiger partial charge in [-0.05, 0) is 36.1 Å². The second kappa shape index (κ2) is 12.1. The summed E-state index contributed by atoms with van der Waals surface area (Å²) < 4.78 is 5.29. The van der Waals surface area contributed by atoms with Gasteiger partial charge in [0, 0.05) is 13.5 Å². The van der Waals surface area contributed by atoms with E-state index in [4.69, 9.17) is 4.74 Å². The van der Waals surface area contributed by atoms with Crippen molar-refractivity contribution in [3.05, 3.63) is 102 Å². The van der Waals surface area contributed by atoms with Gasteiger partial charge in [0.2, 0.25) is 11.8 Å². The van der Waals surface area contributed by atoms with Gasteiger partial charge in [-0.1, -0.05) is 72.8 Å². The number of methoxy groups -OCH3 is 1. The lowest BCUT2D eigenvalue weighted by Gasteiger charge is -2.25. The maximum atomic E-state index is 13.6. The van der Waals surface area contributed by atoms with Gasteiger partial charge in [0.05, 0.1) is 30.4 Å². The largest absolute Gasteiger partial charge is 0.383 e. The molecule has 186 valence electrons. The number of rotatable bonds is 10.